The second kappa shape index (κ2) is 10.5. The topological polar surface area (TPSA) is 107 Å². The Balaban J connectivity index is 0.974. The Morgan fingerprint density at radius 2 is 1.37 bits per heavy atom. The average molecular weight is 616 g/mol. The predicted octanol–water partition coefficient (Wildman–Crippen LogP) is 5.81. The van der Waals surface area contributed by atoms with Crippen molar-refractivity contribution in [1.82, 2.24) is 0 Å². The summed E-state index contributed by atoms with van der Waals surface area (Å²) in [5.74, 6) is -1.61. The minimum Gasteiger partial charge on any atom is -0.454 e. The number of carbonyl (C=O) groups is 5. The number of benzene rings is 3. The molecule has 1 aliphatic heterocycles. The van der Waals surface area contributed by atoms with Crippen LogP contribution in [0.2, 0.25) is 10.0 Å². The van der Waals surface area contributed by atoms with Crippen molar-refractivity contribution in [3.63, 3.8) is 0 Å². The summed E-state index contributed by atoms with van der Waals surface area (Å²) in [5, 5.41) is 0.527. The quantitative estimate of drug-likeness (QED) is 0.108. The van der Waals surface area contributed by atoms with Gasteiger partial charge in [0.1, 0.15) is 5.75 Å². The Morgan fingerprint density at radius 1 is 0.744 bits per heavy atom. The van der Waals surface area contributed by atoms with Crippen LogP contribution in [-0.4, -0.2) is 36.1 Å². The number of ketones is 1. The van der Waals surface area contributed by atoms with Gasteiger partial charge in [-0.05, 0) is 90.8 Å². The summed E-state index contributed by atoms with van der Waals surface area (Å²) in [7, 11) is 0. The first kappa shape index (κ1) is 27.6. The number of allylic oxidation sites excluding steroid dienone is 2. The highest BCUT2D eigenvalue weighted by atomic mass is 35.5. The molecular weight excluding hydrogens is 593 g/mol. The van der Waals surface area contributed by atoms with E-state index in [0.29, 0.717) is 22.5 Å². The maximum Gasteiger partial charge on any atom is 0.343 e. The van der Waals surface area contributed by atoms with Crippen molar-refractivity contribution in [1.29, 1.82) is 0 Å². The van der Waals surface area contributed by atoms with Crippen LogP contribution in [0.25, 0.3) is 0 Å². The fourth-order valence-electron chi connectivity index (χ4n) is 6.78. The normalized spacial score (nSPS) is 26.1. The van der Waals surface area contributed by atoms with Crippen molar-refractivity contribution in [3.05, 3.63) is 106 Å². The van der Waals surface area contributed by atoms with Gasteiger partial charge in [-0.2, -0.15) is 0 Å². The van der Waals surface area contributed by atoms with Crippen LogP contribution >= 0.6 is 23.2 Å². The number of nitrogens with zero attached hydrogens (tertiary/aromatic N) is 1. The summed E-state index contributed by atoms with van der Waals surface area (Å²) >= 11 is 11.8. The van der Waals surface area contributed by atoms with Crippen molar-refractivity contribution >= 4 is 58.4 Å². The molecule has 8 nitrogen and oxygen atoms in total. The Morgan fingerprint density at radius 3 is 2.02 bits per heavy atom. The molecule has 0 spiro atoms. The molecule has 3 aromatic carbocycles. The SMILES string of the molecule is O=C(COC(=O)c1cccc(N2C(=O)C3C4C=CC(C5CC45)C3C2=O)c1)c1ccc(OC(=O)c2ccc(Cl)c(Cl)c2)cc1. The molecule has 4 aliphatic carbocycles. The third-order valence-electron chi connectivity index (χ3n) is 8.88. The van der Waals surface area contributed by atoms with E-state index in [1.54, 1.807) is 12.1 Å². The van der Waals surface area contributed by atoms with Crippen LogP contribution in [-0.2, 0) is 14.3 Å². The van der Waals surface area contributed by atoms with Crippen LogP contribution in [0.15, 0.2) is 78.9 Å². The van der Waals surface area contributed by atoms with E-state index in [4.69, 9.17) is 32.7 Å². The van der Waals surface area contributed by atoms with Gasteiger partial charge in [-0.1, -0.05) is 41.4 Å². The average Bonchev–Trinajstić information content (AvgIpc) is 3.80. The summed E-state index contributed by atoms with van der Waals surface area (Å²) < 4.78 is 10.6. The smallest absolute Gasteiger partial charge is 0.343 e. The van der Waals surface area contributed by atoms with Gasteiger partial charge in [0.2, 0.25) is 11.8 Å². The maximum absolute atomic E-state index is 13.4. The van der Waals surface area contributed by atoms with Crippen molar-refractivity contribution in [2.45, 2.75) is 6.42 Å². The maximum atomic E-state index is 13.4. The van der Waals surface area contributed by atoms with E-state index >= 15 is 0 Å². The Labute approximate surface area is 256 Å². The van der Waals surface area contributed by atoms with Crippen LogP contribution in [0.3, 0.4) is 0 Å². The monoisotopic (exact) mass is 615 g/mol. The molecule has 0 aromatic heterocycles. The van der Waals surface area contributed by atoms with Gasteiger partial charge >= 0.3 is 11.9 Å². The minimum absolute atomic E-state index is 0.101. The number of anilines is 1. The van der Waals surface area contributed by atoms with E-state index in [-0.39, 0.29) is 62.9 Å². The Bertz CT molecular complexity index is 1710. The largest absolute Gasteiger partial charge is 0.454 e. The fourth-order valence-corrected chi connectivity index (χ4v) is 7.08. The van der Waals surface area contributed by atoms with E-state index in [1.165, 1.54) is 59.5 Å². The van der Waals surface area contributed by atoms with Crippen molar-refractivity contribution < 1.29 is 33.4 Å². The lowest BCUT2D eigenvalue weighted by molar-refractivity contribution is -0.124. The second-order valence-electron chi connectivity index (χ2n) is 11.3. The van der Waals surface area contributed by atoms with Crippen LogP contribution in [0.4, 0.5) is 5.69 Å². The highest BCUT2D eigenvalue weighted by molar-refractivity contribution is 6.42. The van der Waals surface area contributed by atoms with Crippen molar-refractivity contribution in [3.8, 4) is 5.75 Å². The molecule has 6 unspecified atom stereocenters. The summed E-state index contributed by atoms with van der Waals surface area (Å²) in [6.07, 6.45) is 5.29. The fraction of sp³-hybridized carbons (Fsp3) is 0.242. The number of Topliss-reactive ketones (excluding diaryl/α,β-unsaturated/α-hetero) is 1. The zero-order chi connectivity index (χ0) is 30.0. The predicted molar refractivity (Wildman–Crippen MR) is 156 cm³/mol. The van der Waals surface area contributed by atoms with Crippen LogP contribution < -0.4 is 9.64 Å². The number of amides is 2. The highest BCUT2D eigenvalue weighted by Gasteiger charge is 2.67. The number of hydrogen-bond acceptors (Lipinski definition) is 7. The van der Waals surface area contributed by atoms with Crippen LogP contribution in [0.1, 0.15) is 37.5 Å². The number of hydrogen-bond donors (Lipinski definition) is 0. The summed E-state index contributed by atoms with van der Waals surface area (Å²) in [4.78, 5) is 65.9. The number of imide groups is 1. The first-order valence-electron chi connectivity index (χ1n) is 13.8. The third-order valence-corrected chi connectivity index (χ3v) is 9.62. The van der Waals surface area contributed by atoms with Gasteiger partial charge in [0, 0.05) is 5.56 Å². The molecular formula is C33H23Cl2NO7. The molecule has 1 heterocycles. The van der Waals surface area contributed by atoms with Gasteiger partial charge in [-0.15, -0.1) is 0 Å². The Kier molecular flexibility index (Phi) is 6.71. The first-order chi connectivity index (χ1) is 20.7. The van der Waals surface area contributed by atoms with Crippen LogP contribution in [0, 0.1) is 35.5 Å². The van der Waals surface area contributed by atoms with Gasteiger partial charge in [-0.3, -0.25) is 14.4 Å². The summed E-state index contributed by atoms with van der Waals surface area (Å²) in [5.41, 5.74) is 0.898. The van der Waals surface area contributed by atoms with Gasteiger partial charge < -0.3 is 9.47 Å². The van der Waals surface area contributed by atoms with E-state index < -0.39 is 24.3 Å². The van der Waals surface area contributed by atoms with Crippen molar-refractivity contribution in [2.24, 2.45) is 35.5 Å². The second-order valence-corrected chi connectivity index (χ2v) is 12.1. The number of halogens is 2. The molecule has 3 fully saturated rings. The molecule has 10 heteroatoms. The molecule has 6 atom stereocenters. The standard InChI is InChI=1S/C33H23Cl2NO7/c34-25-11-6-18(13-26(25)35)33(41)43-20-7-4-16(5-8-20)27(37)15-42-32(40)17-2-1-3-19(12-17)36-30(38)28-21-9-10-22(24-14-23(21)24)29(28)31(36)39/h1-13,21-24,28-29H,14-15H2. The molecule has 43 heavy (non-hydrogen) atoms. The van der Waals surface area contributed by atoms with Gasteiger partial charge in [0.25, 0.3) is 0 Å². The number of esters is 2. The molecule has 2 saturated carbocycles. The van der Waals surface area contributed by atoms with Crippen LogP contribution in [0.5, 0.6) is 5.75 Å². The summed E-state index contributed by atoms with van der Waals surface area (Å²) in [6, 6.07) is 16.3. The third kappa shape index (κ3) is 4.75. The molecule has 216 valence electrons. The number of rotatable bonds is 7. The number of ether oxygens (including phenoxy) is 2. The van der Waals surface area contributed by atoms with Gasteiger partial charge in [0.15, 0.2) is 12.4 Å². The Hall–Kier alpha value is -4.27. The lowest BCUT2D eigenvalue weighted by Crippen LogP contribution is -2.40. The molecule has 2 amide bonds. The zero-order valence-electron chi connectivity index (χ0n) is 22.4. The van der Waals surface area contributed by atoms with Gasteiger partial charge in [-0.25, -0.2) is 14.5 Å². The molecule has 0 N–H and O–H groups in total. The summed E-state index contributed by atoms with van der Waals surface area (Å²) in [6.45, 7) is -0.533. The van der Waals surface area contributed by atoms with Crippen molar-refractivity contribution in [2.75, 3.05) is 11.5 Å². The lowest BCUT2D eigenvalue weighted by Gasteiger charge is -2.37. The van der Waals surface area contributed by atoms with E-state index in [1.807, 2.05) is 0 Å². The highest BCUT2D eigenvalue weighted by Crippen LogP contribution is 2.65. The van der Waals surface area contributed by atoms with E-state index in [2.05, 4.69) is 12.2 Å². The molecule has 8 rings (SSSR count). The lowest BCUT2D eigenvalue weighted by atomic mass is 9.63. The minimum atomic E-state index is -0.762. The van der Waals surface area contributed by atoms with E-state index in [9.17, 15) is 24.0 Å². The molecule has 1 saturated heterocycles. The molecule has 5 aliphatic rings. The first-order valence-corrected chi connectivity index (χ1v) is 14.6. The van der Waals surface area contributed by atoms with Gasteiger partial charge in [0.05, 0.1) is 38.7 Å². The number of carbonyl (C=O) groups excluding carboxylic acids is 5. The molecule has 2 bridgehead atoms. The van der Waals surface area contributed by atoms with E-state index in [0.717, 1.165) is 6.42 Å². The molecule has 0 radical (unpaired) electrons. The zero-order valence-corrected chi connectivity index (χ0v) is 24.0. The molecule has 3 aromatic rings.